The molecule has 0 bridgehead atoms. The Hall–Kier alpha value is -2.27. The van der Waals surface area contributed by atoms with Crippen molar-refractivity contribution in [3.8, 4) is 0 Å². The standard InChI is InChI=1S/C20H25ClN2O3/c1-13(2)23-14(3)11-18(15(23)4)20(25)26-12-19(24)22-10-9-16-5-7-17(21)8-6-16/h5-8,11,13H,9-10,12H2,1-4H3,(H,22,24). The molecule has 1 N–H and O–H groups in total. The van der Waals surface area contributed by atoms with E-state index >= 15 is 0 Å². The summed E-state index contributed by atoms with van der Waals surface area (Å²) < 4.78 is 7.23. The molecule has 0 saturated carbocycles. The summed E-state index contributed by atoms with van der Waals surface area (Å²) in [5, 5.41) is 3.43. The van der Waals surface area contributed by atoms with Gasteiger partial charge in [0.2, 0.25) is 0 Å². The van der Waals surface area contributed by atoms with Crippen LogP contribution in [0.2, 0.25) is 5.02 Å². The molecule has 1 aromatic heterocycles. The van der Waals surface area contributed by atoms with Crippen LogP contribution >= 0.6 is 11.6 Å². The topological polar surface area (TPSA) is 60.3 Å². The highest BCUT2D eigenvalue weighted by Crippen LogP contribution is 2.20. The number of benzene rings is 1. The Morgan fingerprint density at radius 2 is 1.85 bits per heavy atom. The minimum atomic E-state index is -0.474. The third kappa shape index (κ3) is 5.11. The fraction of sp³-hybridized carbons (Fsp3) is 0.400. The molecule has 0 aliphatic rings. The number of carbonyl (C=O) groups excluding carboxylic acids is 2. The third-order valence-electron chi connectivity index (χ3n) is 4.20. The van der Waals surface area contributed by atoms with Crippen LogP contribution in [-0.4, -0.2) is 29.6 Å². The Morgan fingerprint density at radius 3 is 2.42 bits per heavy atom. The highest BCUT2D eigenvalue weighted by atomic mass is 35.5. The van der Waals surface area contributed by atoms with Crippen molar-refractivity contribution in [2.45, 2.75) is 40.2 Å². The van der Waals surface area contributed by atoms with Crippen LogP contribution in [0.1, 0.15) is 47.2 Å². The van der Waals surface area contributed by atoms with Crippen molar-refractivity contribution in [1.82, 2.24) is 9.88 Å². The molecule has 0 atom stereocenters. The Kier molecular flexibility index (Phi) is 6.86. The second-order valence-corrected chi connectivity index (χ2v) is 6.99. The number of hydrogen-bond donors (Lipinski definition) is 1. The number of esters is 1. The summed E-state index contributed by atoms with van der Waals surface area (Å²) in [6.45, 7) is 8.14. The average Bonchev–Trinajstić information content (AvgIpc) is 2.89. The first-order valence-electron chi connectivity index (χ1n) is 8.66. The van der Waals surface area contributed by atoms with Crippen LogP contribution in [-0.2, 0) is 16.0 Å². The van der Waals surface area contributed by atoms with Gasteiger partial charge in [-0.25, -0.2) is 4.79 Å². The van der Waals surface area contributed by atoms with Gasteiger partial charge in [0.1, 0.15) is 0 Å². The van der Waals surface area contributed by atoms with Crippen LogP contribution in [0.15, 0.2) is 30.3 Å². The van der Waals surface area contributed by atoms with Crippen molar-refractivity contribution in [3.63, 3.8) is 0 Å². The Bertz CT molecular complexity index is 779. The molecule has 1 amide bonds. The van der Waals surface area contributed by atoms with Crippen LogP contribution in [0.5, 0.6) is 0 Å². The minimum Gasteiger partial charge on any atom is -0.452 e. The number of hydrogen-bond acceptors (Lipinski definition) is 3. The lowest BCUT2D eigenvalue weighted by Gasteiger charge is -2.13. The van der Waals surface area contributed by atoms with E-state index in [1.165, 1.54) is 0 Å². The van der Waals surface area contributed by atoms with E-state index < -0.39 is 5.97 Å². The van der Waals surface area contributed by atoms with E-state index in [0.29, 0.717) is 23.6 Å². The van der Waals surface area contributed by atoms with Gasteiger partial charge in [-0.2, -0.15) is 0 Å². The molecular formula is C20H25ClN2O3. The Labute approximate surface area is 159 Å². The molecule has 1 aromatic carbocycles. The van der Waals surface area contributed by atoms with Gasteiger partial charge in [-0.1, -0.05) is 23.7 Å². The van der Waals surface area contributed by atoms with Crippen molar-refractivity contribution in [2.24, 2.45) is 0 Å². The zero-order chi connectivity index (χ0) is 19.3. The highest BCUT2D eigenvalue weighted by Gasteiger charge is 2.19. The lowest BCUT2D eigenvalue weighted by Crippen LogP contribution is -2.30. The van der Waals surface area contributed by atoms with Gasteiger partial charge >= 0.3 is 5.97 Å². The first-order chi connectivity index (χ1) is 12.3. The molecule has 2 aromatic rings. The van der Waals surface area contributed by atoms with Crippen LogP contribution < -0.4 is 5.32 Å². The Balaban J connectivity index is 1.81. The van der Waals surface area contributed by atoms with E-state index in [-0.39, 0.29) is 18.6 Å². The lowest BCUT2D eigenvalue weighted by molar-refractivity contribution is -0.124. The van der Waals surface area contributed by atoms with Gasteiger partial charge in [-0.3, -0.25) is 4.79 Å². The van der Waals surface area contributed by atoms with E-state index in [2.05, 4.69) is 23.7 Å². The maximum Gasteiger partial charge on any atom is 0.340 e. The Morgan fingerprint density at radius 1 is 1.19 bits per heavy atom. The van der Waals surface area contributed by atoms with E-state index in [1.54, 1.807) is 6.07 Å². The molecule has 26 heavy (non-hydrogen) atoms. The summed E-state index contributed by atoms with van der Waals surface area (Å²) in [6.07, 6.45) is 0.687. The molecule has 6 heteroatoms. The van der Waals surface area contributed by atoms with Gasteiger partial charge < -0.3 is 14.6 Å². The number of ether oxygens (including phenoxy) is 1. The summed E-state index contributed by atoms with van der Waals surface area (Å²) in [4.78, 5) is 24.1. The highest BCUT2D eigenvalue weighted by molar-refractivity contribution is 6.30. The molecule has 0 saturated heterocycles. The van der Waals surface area contributed by atoms with E-state index in [4.69, 9.17) is 16.3 Å². The van der Waals surface area contributed by atoms with Gasteiger partial charge in [0.15, 0.2) is 6.61 Å². The van der Waals surface area contributed by atoms with Crippen LogP contribution in [0.25, 0.3) is 0 Å². The average molecular weight is 377 g/mol. The van der Waals surface area contributed by atoms with Gasteiger partial charge in [0.25, 0.3) is 5.91 Å². The summed E-state index contributed by atoms with van der Waals surface area (Å²) in [5.74, 6) is -0.789. The predicted octanol–water partition coefficient (Wildman–Crippen LogP) is 3.85. The number of aromatic nitrogens is 1. The first-order valence-corrected chi connectivity index (χ1v) is 9.04. The second-order valence-electron chi connectivity index (χ2n) is 6.55. The first kappa shape index (κ1) is 20.0. The van der Waals surface area contributed by atoms with E-state index in [0.717, 1.165) is 17.0 Å². The maximum absolute atomic E-state index is 12.3. The van der Waals surface area contributed by atoms with Crippen LogP contribution in [0.3, 0.4) is 0 Å². The summed E-state index contributed by atoms with van der Waals surface area (Å²) in [5.41, 5.74) is 3.43. The number of halogens is 1. The summed E-state index contributed by atoms with van der Waals surface area (Å²) >= 11 is 5.84. The van der Waals surface area contributed by atoms with Crippen molar-refractivity contribution < 1.29 is 14.3 Å². The maximum atomic E-state index is 12.3. The van der Waals surface area contributed by atoms with E-state index in [9.17, 15) is 9.59 Å². The number of rotatable bonds is 7. The minimum absolute atomic E-state index is 0.257. The van der Waals surface area contributed by atoms with E-state index in [1.807, 2.05) is 38.1 Å². The summed E-state index contributed by atoms with van der Waals surface area (Å²) in [6, 6.07) is 9.52. The van der Waals surface area contributed by atoms with Crippen LogP contribution in [0, 0.1) is 13.8 Å². The number of aryl methyl sites for hydroxylation is 1. The molecule has 0 aliphatic heterocycles. The van der Waals surface area contributed by atoms with Crippen molar-refractivity contribution >= 4 is 23.5 Å². The fourth-order valence-corrected chi connectivity index (χ4v) is 3.16. The molecule has 0 fully saturated rings. The smallest absolute Gasteiger partial charge is 0.340 e. The molecular weight excluding hydrogens is 352 g/mol. The molecule has 0 unspecified atom stereocenters. The monoisotopic (exact) mass is 376 g/mol. The number of nitrogens with one attached hydrogen (secondary N) is 1. The molecule has 5 nitrogen and oxygen atoms in total. The van der Waals surface area contributed by atoms with Gasteiger partial charge in [0, 0.05) is 29.0 Å². The predicted molar refractivity (Wildman–Crippen MR) is 103 cm³/mol. The lowest BCUT2D eigenvalue weighted by atomic mass is 10.1. The van der Waals surface area contributed by atoms with Crippen molar-refractivity contribution in [3.05, 3.63) is 57.9 Å². The molecule has 0 spiro atoms. The molecule has 1 heterocycles. The molecule has 2 rings (SSSR count). The zero-order valence-electron chi connectivity index (χ0n) is 15.6. The molecule has 140 valence electrons. The van der Waals surface area contributed by atoms with Crippen molar-refractivity contribution in [2.75, 3.05) is 13.2 Å². The third-order valence-corrected chi connectivity index (χ3v) is 4.46. The van der Waals surface area contributed by atoms with Gasteiger partial charge in [0.05, 0.1) is 5.56 Å². The number of nitrogens with zero attached hydrogens (tertiary/aromatic N) is 1. The molecule has 0 radical (unpaired) electrons. The molecule has 0 aliphatic carbocycles. The zero-order valence-corrected chi connectivity index (χ0v) is 16.4. The quantitative estimate of drug-likeness (QED) is 0.746. The number of amides is 1. The SMILES string of the molecule is Cc1cc(C(=O)OCC(=O)NCCc2ccc(Cl)cc2)c(C)n1C(C)C. The normalized spacial score (nSPS) is 10.8. The van der Waals surface area contributed by atoms with Crippen LogP contribution in [0.4, 0.5) is 0 Å². The fourth-order valence-electron chi connectivity index (χ4n) is 3.04. The largest absolute Gasteiger partial charge is 0.452 e. The van der Waals surface area contributed by atoms with Gasteiger partial charge in [-0.05, 0) is 57.9 Å². The summed E-state index contributed by atoms with van der Waals surface area (Å²) in [7, 11) is 0. The number of carbonyl (C=O) groups is 2. The van der Waals surface area contributed by atoms with Crippen molar-refractivity contribution in [1.29, 1.82) is 0 Å². The second kappa shape index (κ2) is 8.90. The van der Waals surface area contributed by atoms with Gasteiger partial charge in [-0.15, -0.1) is 0 Å².